The van der Waals surface area contributed by atoms with Crippen molar-refractivity contribution in [1.29, 1.82) is 0 Å². The van der Waals surface area contributed by atoms with E-state index in [1.807, 2.05) is 12.1 Å². The largest absolute Gasteiger partial charge is 0.142 e. The van der Waals surface area contributed by atoms with Gasteiger partial charge in [0.05, 0.1) is 0 Å². The van der Waals surface area contributed by atoms with Crippen molar-refractivity contribution < 1.29 is 0 Å². The van der Waals surface area contributed by atoms with Gasteiger partial charge in [-0.2, -0.15) is 0 Å². The summed E-state index contributed by atoms with van der Waals surface area (Å²) >= 11 is 11.2. The molecule has 0 saturated carbocycles. The molecule has 0 fully saturated rings. The summed E-state index contributed by atoms with van der Waals surface area (Å²) in [4.78, 5) is 0. The zero-order valence-corrected chi connectivity index (χ0v) is 9.55. The molecule has 1 aromatic carbocycles. The standard InChI is InChI=1S/C9H6BrClS/c1-5-4-12-9-7(5)2-6(11)3-8(9)10/h2-4H,1H3. The maximum Gasteiger partial charge on any atom is 0.0488 e. The quantitative estimate of drug-likeness (QED) is 0.649. The van der Waals surface area contributed by atoms with Crippen molar-refractivity contribution in [3.05, 3.63) is 32.6 Å². The Morgan fingerprint density at radius 1 is 1.42 bits per heavy atom. The number of hydrogen-bond donors (Lipinski definition) is 0. The first kappa shape index (κ1) is 8.54. The Balaban J connectivity index is 2.92. The van der Waals surface area contributed by atoms with Crippen molar-refractivity contribution in [3.63, 3.8) is 0 Å². The van der Waals surface area contributed by atoms with E-state index in [1.54, 1.807) is 11.3 Å². The van der Waals surface area contributed by atoms with Crippen molar-refractivity contribution in [2.45, 2.75) is 6.92 Å². The molecule has 0 amide bonds. The number of aryl methyl sites for hydroxylation is 1. The summed E-state index contributed by atoms with van der Waals surface area (Å²) in [6, 6.07) is 3.94. The molecule has 1 heterocycles. The Labute approximate surface area is 88.3 Å². The molecule has 0 aliphatic heterocycles. The van der Waals surface area contributed by atoms with Crippen LogP contribution in [0.2, 0.25) is 5.02 Å². The molecule has 0 saturated heterocycles. The van der Waals surface area contributed by atoms with Crippen molar-refractivity contribution in [3.8, 4) is 0 Å². The van der Waals surface area contributed by atoms with Crippen molar-refractivity contribution in [2.75, 3.05) is 0 Å². The lowest BCUT2D eigenvalue weighted by Crippen LogP contribution is -1.70. The van der Waals surface area contributed by atoms with E-state index in [0.29, 0.717) is 0 Å². The summed E-state index contributed by atoms with van der Waals surface area (Å²) < 4.78 is 2.36. The van der Waals surface area contributed by atoms with Crippen LogP contribution in [0.5, 0.6) is 0 Å². The second-order valence-electron chi connectivity index (χ2n) is 2.68. The average molecular weight is 262 g/mol. The van der Waals surface area contributed by atoms with Crippen molar-refractivity contribution in [2.24, 2.45) is 0 Å². The number of rotatable bonds is 0. The van der Waals surface area contributed by atoms with Gasteiger partial charge in [-0.1, -0.05) is 11.6 Å². The molecule has 0 atom stereocenters. The molecule has 62 valence electrons. The molecule has 1 aromatic heterocycles. The summed E-state index contributed by atoms with van der Waals surface area (Å²) in [7, 11) is 0. The summed E-state index contributed by atoms with van der Waals surface area (Å²) in [5, 5.41) is 4.18. The van der Waals surface area contributed by atoms with Crippen LogP contribution in [0.4, 0.5) is 0 Å². The predicted molar refractivity (Wildman–Crippen MR) is 59.3 cm³/mol. The topological polar surface area (TPSA) is 0 Å². The first-order valence-corrected chi connectivity index (χ1v) is 5.56. The van der Waals surface area contributed by atoms with Crippen LogP contribution in [-0.4, -0.2) is 0 Å². The summed E-state index contributed by atoms with van der Waals surface area (Å²) in [6.45, 7) is 2.10. The minimum Gasteiger partial charge on any atom is -0.142 e. The molecule has 0 aliphatic carbocycles. The Hall–Kier alpha value is -0.0500. The van der Waals surface area contributed by atoms with Crippen LogP contribution in [0.15, 0.2) is 22.0 Å². The van der Waals surface area contributed by atoms with E-state index >= 15 is 0 Å². The van der Waals surface area contributed by atoms with Crippen LogP contribution >= 0.6 is 38.9 Å². The number of fused-ring (bicyclic) bond motifs is 1. The Morgan fingerprint density at radius 3 is 2.92 bits per heavy atom. The molecular weight excluding hydrogens is 256 g/mol. The molecular formula is C9H6BrClS. The van der Waals surface area contributed by atoms with E-state index in [9.17, 15) is 0 Å². The molecule has 0 spiro atoms. The fraction of sp³-hybridized carbons (Fsp3) is 0.111. The van der Waals surface area contributed by atoms with E-state index in [2.05, 4.69) is 28.2 Å². The van der Waals surface area contributed by atoms with E-state index in [-0.39, 0.29) is 0 Å². The van der Waals surface area contributed by atoms with Crippen LogP contribution in [0, 0.1) is 6.92 Å². The minimum atomic E-state index is 0.788. The van der Waals surface area contributed by atoms with Gasteiger partial charge >= 0.3 is 0 Å². The fourth-order valence-electron chi connectivity index (χ4n) is 1.18. The Kier molecular flexibility index (Phi) is 2.15. The second-order valence-corrected chi connectivity index (χ2v) is 4.85. The van der Waals surface area contributed by atoms with Gasteiger partial charge in [0.2, 0.25) is 0 Å². The lowest BCUT2D eigenvalue weighted by atomic mass is 10.2. The summed E-state index contributed by atoms with van der Waals surface area (Å²) in [5.41, 5.74) is 1.29. The van der Waals surface area contributed by atoms with E-state index in [4.69, 9.17) is 11.6 Å². The van der Waals surface area contributed by atoms with Crippen LogP contribution in [0.25, 0.3) is 10.1 Å². The highest BCUT2D eigenvalue weighted by Gasteiger charge is 2.04. The van der Waals surface area contributed by atoms with Crippen LogP contribution < -0.4 is 0 Å². The zero-order chi connectivity index (χ0) is 8.72. The number of halogens is 2. The summed E-state index contributed by atoms with van der Waals surface area (Å²) in [5.74, 6) is 0. The molecule has 0 nitrogen and oxygen atoms in total. The highest BCUT2D eigenvalue weighted by Crippen LogP contribution is 2.34. The number of thiophene rings is 1. The summed E-state index contributed by atoms with van der Waals surface area (Å²) in [6.07, 6.45) is 0. The van der Waals surface area contributed by atoms with Gasteiger partial charge in [0.1, 0.15) is 0 Å². The van der Waals surface area contributed by atoms with Crippen LogP contribution in [0.3, 0.4) is 0 Å². The van der Waals surface area contributed by atoms with Gasteiger partial charge in [0.25, 0.3) is 0 Å². The molecule has 0 N–H and O–H groups in total. The van der Waals surface area contributed by atoms with Crippen LogP contribution in [0.1, 0.15) is 5.56 Å². The molecule has 2 aromatic rings. The normalized spacial score (nSPS) is 10.9. The third-order valence-corrected chi connectivity index (χ3v) is 4.04. The van der Waals surface area contributed by atoms with Crippen LogP contribution in [-0.2, 0) is 0 Å². The maximum atomic E-state index is 5.93. The van der Waals surface area contributed by atoms with Gasteiger partial charge in [-0.05, 0) is 51.3 Å². The van der Waals surface area contributed by atoms with Gasteiger partial charge in [0.15, 0.2) is 0 Å². The lowest BCUT2D eigenvalue weighted by molar-refractivity contribution is 1.59. The molecule has 0 unspecified atom stereocenters. The monoisotopic (exact) mass is 260 g/mol. The second kappa shape index (κ2) is 3.02. The van der Waals surface area contributed by atoms with Crippen molar-refractivity contribution >= 4 is 49.0 Å². The van der Waals surface area contributed by atoms with E-state index < -0.39 is 0 Å². The molecule has 12 heavy (non-hydrogen) atoms. The third-order valence-electron chi connectivity index (χ3n) is 1.79. The SMILES string of the molecule is Cc1csc2c(Br)cc(Cl)cc12. The third kappa shape index (κ3) is 1.28. The first-order valence-electron chi connectivity index (χ1n) is 3.51. The van der Waals surface area contributed by atoms with Crippen molar-refractivity contribution in [1.82, 2.24) is 0 Å². The maximum absolute atomic E-state index is 5.93. The predicted octanol–water partition coefficient (Wildman–Crippen LogP) is 4.63. The van der Waals surface area contributed by atoms with Gasteiger partial charge in [-0.15, -0.1) is 11.3 Å². The Bertz CT molecular complexity index is 433. The highest BCUT2D eigenvalue weighted by atomic mass is 79.9. The van der Waals surface area contributed by atoms with E-state index in [1.165, 1.54) is 15.6 Å². The molecule has 0 radical (unpaired) electrons. The first-order chi connectivity index (χ1) is 5.68. The van der Waals surface area contributed by atoms with E-state index in [0.717, 1.165) is 9.50 Å². The number of benzene rings is 1. The van der Waals surface area contributed by atoms with Gasteiger partial charge in [-0.3, -0.25) is 0 Å². The highest BCUT2D eigenvalue weighted by molar-refractivity contribution is 9.10. The van der Waals surface area contributed by atoms with Gasteiger partial charge in [0, 0.05) is 14.2 Å². The minimum absolute atomic E-state index is 0.788. The molecule has 0 aliphatic rings. The molecule has 2 rings (SSSR count). The fourth-order valence-corrected chi connectivity index (χ4v) is 3.21. The molecule has 0 bridgehead atoms. The number of hydrogen-bond acceptors (Lipinski definition) is 1. The lowest BCUT2D eigenvalue weighted by Gasteiger charge is -1.96. The average Bonchev–Trinajstić information content (AvgIpc) is 2.33. The molecule has 3 heteroatoms. The Morgan fingerprint density at radius 2 is 2.17 bits per heavy atom. The van der Waals surface area contributed by atoms with Gasteiger partial charge in [-0.25, -0.2) is 0 Å². The van der Waals surface area contributed by atoms with Gasteiger partial charge < -0.3 is 0 Å². The smallest absolute Gasteiger partial charge is 0.0488 e. The zero-order valence-electron chi connectivity index (χ0n) is 6.40.